The van der Waals surface area contributed by atoms with Gasteiger partial charge in [-0.25, -0.2) is 22.4 Å². The number of hydrazone groups is 1. The fourth-order valence-corrected chi connectivity index (χ4v) is 2.15. The van der Waals surface area contributed by atoms with E-state index in [-0.39, 0.29) is 17.5 Å². The third kappa shape index (κ3) is 4.60. The number of carbonyl (C=O) groups is 3. The van der Waals surface area contributed by atoms with Crippen molar-refractivity contribution in [2.45, 2.75) is 26.2 Å². The second kappa shape index (κ2) is 8.60. The maximum atomic E-state index is 13.9. The molecule has 1 aliphatic rings. The van der Waals surface area contributed by atoms with Crippen LogP contribution in [0.15, 0.2) is 11.2 Å². The Hall–Kier alpha value is -2.98. The fraction of sp³-hybridized carbons (Fsp3) is 0.375. The van der Waals surface area contributed by atoms with E-state index in [0.717, 1.165) is 0 Å². The van der Waals surface area contributed by atoms with Crippen molar-refractivity contribution in [3.8, 4) is 0 Å². The van der Waals surface area contributed by atoms with E-state index in [1.54, 1.807) is 0 Å². The van der Waals surface area contributed by atoms with Crippen molar-refractivity contribution in [3.05, 3.63) is 29.3 Å². The highest BCUT2D eigenvalue weighted by atomic mass is 19.2. The highest BCUT2D eigenvalue weighted by Gasteiger charge is 2.33. The molecule has 0 saturated heterocycles. The van der Waals surface area contributed by atoms with E-state index in [4.69, 9.17) is 4.74 Å². The summed E-state index contributed by atoms with van der Waals surface area (Å²) >= 11 is 0. The van der Waals surface area contributed by atoms with E-state index >= 15 is 0 Å². The van der Waals surface area contributed by atoms with Crippen molar-refractivity contribution in [1.82, 2.24) is 5.32 Å². The monoisotopic (exact) mass is 389 g/mol. The lowest BCUT2D eigenvalue weighted by Gasteiger charge is -2.23. The van der Waals surface area contributed by atoms with Gasteiger partial charge in [0.05, 0.1) is 0 Å². The lowest BCUT2D eigenvalue weighted by molar-refractivity contribution is -0.142. The summed E-state index contributed by atoms with van der Waals surface area (Å²) < 4.78 is 59.2. The molecular weight excluding hydrogens is 374 g/mol. The van der Waals surface area contributed by atoms with E-state index in [0.29, 0.717) is 13.0 Å². The molecule has 146 valence electrons. The van der Waals surface area contributed by atoms with Gasteiger partial charge in [0.25, 0.3) is 5.91 Å². The number of benzene rings is 1. The van der Waals surface area contributed by atoms with Gasteiger partial charge in [-0.1, -0.05) is 6.92 Å². The summed E-state index contributed by atoms with van der Waals surface area (Å²) in [5, 5.41) is 5.99. The molecule has 2 amide bonds. The van der Waals surface area contributed by atoms with E-state index in [9.17, 15) is 31.9 Å². The Kier molecular flexibility index (Phi) is 6.48. The molecule has 1 aliphatic heterocycles. The van der Waals surface area contributed by atoms with E-state index in [1.807, 2.05) is 6.92 Å². The van der Waals surface area contributed by atoms with Gasteiger partial charge in [0, 0.05) is 25.5 Å². The van der Waals surface area contributed by atoms with Gasteiger partial charge in [0.1, 0.15) is 11.4 Å². The lowest BCUT2D eigenvalue weighted by Crippen LogP contribution is -2.37. The van der Waals surface area contributed by atoms with Gasteiger partial charge in [-0.15, -0.1) is 0 Å². The smallest absolute Gasteiger partial charge is 0.355 e. The minimum absolute atomic E-state index is 0.0175. The number of nitrogens with one attached hydrogen (secondary N) is 1. The highest BCUT2D eigenvalue weighted by molar-refractivity contribution is 6.38. The first-order valence-corrected chi connectivity index (χ1v) is 7.93. The predicted molar refractivity (Wildman–Crippen MR) is 84.7 cm³/mol. The summed E-state index contributed by atoms with van der Waals surface area (Å²) in [6, 6.07) is -0.0175. The Balaban J connectivity index is 2.23. The molecule has 0 radical (unpaired) electrons. The average Bonchev–Trinajstić information content (AvgIpc) is 2.64. The molecule has 0 saturated carbocycles. The van der Waals surface area contributed by atoms with Crippen molar-refractivity contribution >= 4 is 29.2 Å². The number of carbonyl (C=O) groups excluding carboxylic acids is 3. The molecule has 11 heteroatoms. The highest BCUT2D eigenvalue weighted by Crippen LogP contribution is 2.30. The Morgan fingerprint density at radius 1 is 1.19 bits per heavy atom. The summed E-state index contributed by atoms with van der Waals surface area (Å²) in [7, 11) is 0. The SMILES string of the molecule is CCCNC(=O)COC(=O)C1=NN(c2c(F)c(F)cc(F)c2F)C(=O)CC1. The van der Waals surface area contributed by atoms with E-state index in [1.165, 1.54) is 0 Å². The Labute approximate surface area is 151 Å². The van der Waals surface area contributed by atoms with Gasteiger partial charge in [-0.05, 0) is 6.42 Å². The molecule has 0 atom stereocenters. The van der Waals surface area contributed by atoms with Crippen molar-refractivity contribution in [2.24, 2.45) is 5.10 Å². The molecule has 0 unspecified atom stereocenters. The van der Waals surface area contributed by atoms with Gasteiger partial charge >= 0.3 is 5.97 Å². The number of nitrogens with zero attached hydrogens (tertiary/aromatic N) is 2. The third-order valence-corrected chi connectivity index (χ3v) is 3.48. The first-order chi connectivity index (χ1) is 12.8. The number of ether oxygens (including phenoxy) is 1. The molecule has 27 heavy (non-hydrogen) atoms. The Morgan fingerprint density at radius 2 is 1.81 bits per heavy atom. The molecular formula is C16H15F4N3O4. The van der Waals surface area contributed by atoms with Crippen LogP contribution in [0, 0.1) is 23.3 Å². The van der Waals surface area contributed by atoms with Crippen molar-refractivity contribution in [2.75, 3.05) is 18.2 Å². The van der Waals surface area contributed by atoms with Gasteiger partial charge in [0.15, 0.2) is 29.9 Å². The van der Waals surface area contributed by atoms with Crippen LogP contribution in [0.4, 0.5) is 23.2 Å². The van der Waals surface area contributed by atoms with Crippen LogP contribution in [-0.2, 0) is 19.1 Å². The lowest BCUT2D eigenvalue weighted by atomic mass is 10.1. The number of esters is 1. The largest absolute Gasteiger partial charge is 0.451 e. The second-order valence-corrected chi connectivity index (χ2v) is 5.50. The Morgan fingerprint density at radius 3 is 2.41 bits per heavy atom. The maximum Gasteiger partial charge on any atom is 0.355 e. The zero-order valence-corrected chi connectivity index (χ0v) is 14.2. The normalized spacial score (nSPS) is 14.0. The van der Waals surface area contributed by atoms with Crippen LogP contribution in [0.1, 0.15) is 26.2 Å². The summed E-state index contributed by atoms with van der Waals surface area (Å²) in [6.07, 6.45) is 0.0313. The third-order valence-electron chi connectivity index (χ3n) is 3.48. The fourth-order valence-electron chi connectivity index (χ4n) is 2.15. The summed E-state index contributed by atoms with van der Waals surface area (Å²) in [5.41, 5.74) is -1.80. The van der Waals surface area contributed by atoms with Crippen molar-refractivity contribution in [1.29, 1.82) is 0 Å². The summed E-state index contributed by atoms with van der Waals surface area (Å²) in [5.74, 6) is -9.77. The topological polar surface area (TPSA) is 88.1 Å². The minimum Gasteiger partial charge on any atom is -0.451 e. The summed E-state index contributed by atoms with van der Waals surface area (Å²) in [4.78, 5) is 35.3. The van der Waals surface area contributed by atoms with Crippen LogP contribution in [0.3, 0.4) is 0 Å². The number of amides is 2. The number of halogens is 4. The molecule has 2 rings (SSSR count). The van der Waals surface area contributed by atoms with E-state index < -0.39 is 65.5 Å². The molecule has 0 fully saturated rings. The van der Waals surface area contributed by atoms with Crippen LogP contribution in [0.2, 0.25) is 0 Å². The zero-order chi connectivity index (χ0) is 20.1. The van der Waals surface area contributed by atoms with Crippen LogP contribution in [0.5, 0.6) is 0 Å². The number of hydrogen-bond donors (Lipinski definition) is 1. The predicted octanol–water partition coefficient (Wildman–Crippen LogP) is 1.80. The summed E-state index contributed by atoms with van der Waals surface area (Å²) in [6.45, 7) is 1.58. The molecule has 1 aromatic rings. The van der Waals surface area contributed by atoms with Crippen LogP contribution < -0.4 is 10.3 Å². The average molecular weight is 389 g/mol. The molecule has 0 spiro atoms. The van der Waals surface area contributed by atoms with Crippen molar-refractivity contribution < 1.29 is 36.7 Å². The first kappa shape index (κ1) is 20.3. The Bertz CT molecular complexity index is 787. The number of rotatable bonds is 6. The maximum absolute atomic E-state index is 13.9. The minimum atomic E-state index is -1.83. The quantitative estimate of drug-likeness (QED) is 0.457. The molecule has 0 aliphatic carbocycles. The van der Waals surface area contributed by atoms with Crippen LogP contribution in [0.25, 0.3) is 0 Å². The number of anilines is 1. The van der Waals surface area contributed by atoms with Gasteiger partial charge in [-0.3, -0.25) is 9.59 Å². The second-order valence-electron chi connectivity index (χ2n) is 5.50. The first-order valence-electron chi connectivity index (χ1n) is 7.93. The number of hydrogen-bond acceptors (Lipinski definition) is 5. The van der Waals surface area contributed by atoms with Gasteiger partial charge in [0.2, 0.25) is 5.91 Å². The van der Waals surface area contributed by atoms with Gasteiger partial charge < -0.3 is 10.1 Å². The molecule has 1 aromatic carbocycles. The van der Waals surface area contributed by atoms with Crippen molar-refractivity contribution in [3.63, 3.8) is 0 Å². The standard InChI is InChI=1S/C16H15F4N3O4/c1-2-5-21-11(24)7-27-16(26)10-3-4-12(25)23(22-10)15-13(19)8(17)6-9(18)14(15)20/h6H,2-5,7H2,1H3,(H,21,24). The molecule has 1 heterocycles. The zero-order valence-electron chi connectivity index (χ0n) is 14.2. The van der Waals surface area contributed by atoms with Crippen LogP contribution in [-0.4, -0.2) is 36.6 Å². The molecule has 7 nitrogen and oxygen atoms in total. The van der Waals surface area contributed by atoms with Gasteiger partial charge in [-0.2, -0.15) is 10.1 Å². The van der Waals surface area contributed by atoms with Crippen LogP contribution >= 0.6 is 0 Å². The molecule has 0 aromatic heterocycles. The molecule has 1 N–H and O–H groups in total. The molecule has 0 bridgehead atoms. The van der Waals surface area contributed by atoms with E-state index in [2.05, 4.69) is 10.4 Å².